The summed E-state index contributed by atoms with van der Waals surface area (Å²) < 4.78 is 0. The Bertz CT molecular complexity index is 188. The maximum Gasteiger partial charge on any atom is 0.0103 e. The first-order chi connectivity index (χ1) is 7.24. The number of rotatable bonds is 5. The minimum absolute atomic E-state index is 0.822. The minimum Gasteiger partial charge on any atom is -0.314 e. The van der Waals surface area contributed by atoms with Crippen LogP contribution in [0.4, 0.5) is 0 Å². The van der Waals surface area contributed by atoms with Gasteiger partial charge in [-0.1, -0.05) is 33.6 Å². The van der Waals surface area contributed by atoms with Crippen LogP contribution in [0.3, 0.4) is 0 Å². The summed E-state index contributed by atoms with van der Waals surface area (Å²) in [6.45, 7) is 8.11. The van der Waals surface area contributed by atoms with Gasteiger partial charge in [-0.3, -0.25) is 0 Å². The topological polar surface area (TPSA) is 12.0 Å². The van der Waals surface area contributed by atoms with Crippen LogP contribution in [-0.4, -0.2) is 12.6 Å². The summed E-state index contributed by atoms with van der Waals surface area (Å²) in [4.78, 5) is 0. The van der Waals surface area contributed by atoms with Crippen molar-refractivity contribution in [2.24, 2.45) is 23.7 Å². The number of hydrogen-bond acceptors (Lipinski definition) is 1. The van der Waals surface area contributed by atoms with Crippen molar-refractivity contribution in [1.82, 2.24) is 5.32 Å². The smallest absolute Gasteiger partial charge is 0.0103 e. The fourth-order valence-corrected chi connectivity index (χ4v) is 3.79. The lowest BCUT2D eigenvalue weighted by molar-refractivity contribution is 0.368. The van der Waals surface area contributed by atoms with Gasteiger partial charge in [-0.25, -0.2) is 0 Å². The van der Waals surface area contributed by atoms with Crippen LogP contribution in [0.15, 0.2) is 0 Å². The molecule has 15 heavy (non-hydrogen) atoms. The Kier molecular flexibility index (Phi) is 3.71. The van der Waals surface area contributed by atoms with Crippen LogP contribution in [0.2, 0.25) is 0 Å². The van der Waals surface area contributed by atoms with E-state index in [9.17, 15) is 0 Å². The number of hydrogen-bond donors (Lipinski definition) is 1. The monoisotopic (exact) mass is 209 g/mol. The van der Waals surface area contributed by atoms with E-state index in [0.717, 1.165) is 36.3 Å². The molecule has 0 saturated heterocycles. The van der Waals surface area contributed by atoms with E-state index in [1.165, 1.54) is 32.1 Å². The lowest BCUT2D eigenvalue weighted by Gasteiger charge is -2.20. The molecule has 0 bridgehead atoms. The molecule has 3 atom stereocenters. The molecule has 0 spiro atoms. The Morgan fingerprint density at radius 3 is 2.20 bits per heavy atom. The lowest BCUT2D eigenvalue weighted by Crippen LogP contribution is -2.33. The van der Waals surface area contributed by atoms with E-state index < -0.39 is 0 Å². The highest BCUT2D eigenvalue weighted by Gasteiger charge is 2.53. The second-order valence-electron chi connectivity index (χ2n) is 5.98. The van der Waals surface area contributed by atoms with Crippen LogP contribution in [0.25, 0.3) is 0 Å². The Balaban J connectivity index is 1.88. The maximum atomic E-state index is 3.73. The zero-order valence-corrected chi connectivity index (χ0v) is 10.6. The van der Waals surface area contributed by atoms with Gasteiger partial charge in [0.1, 0.15) is 0 Å². The third-order valence-corrected chi connectivity index (χ3v) is 4.38. The van der Waals surface area contributed by atoms with Crippen LogP contribution in [0.1, 0.15) is 52.9 Å². The molecule has 2 fully saturated rings. The molecule has 3 unspecified atom stereocenters. The Hall–Kier alpha value is -0.0400. The second kappa shape index (κ2) is 4.86. The van der Waals surface area contributed by atoms with Gasteiger partial charge in [0.15, 0.2) is 0 Å². The van der Waals surface area contributed by atoms with E-state index in [-0.39, 0.29) is 0 Å². The van der Waals surface area contributed by atoms with Crippen molar-refractivity contribution in [3.63, 3.8) is 0 Å². The summed E-state index contributed by atoms with van der Waals surface area (Å²) in [5.74, 6) is 4.08. The minimum atomic E-state index is 0.822. The standard InChI is InChI=1S/C14H27N/c1-4-15-13(9-10(2)3)14-11-7-5-6-8-12(11)14/h10-15H,4-9H2,1-3H3. The second-order valence-corrected chi connectivity index (χ2v) is 5.98. The molecule has 0 aliphatic heterocycles. The fraction of sp³-hybridized carbons (Fsp3) is 1.00. The Labute approximate surface area is 95.0 Å². The molecular weight excluding hydrogens is 182 g/mol. The van der Waals surface area contributed by atoms with E-state index >= 15 is 0 Å². The molecule has 1 heteroatoms. The number of fused-ring (bicyclic) bond motifs is 1. The number of nitrogens with one attached hydrogen (secondary N) is 1. The fourth-order valence-electron chi connectivity index (χ4n) is 3.79. The van der Waals surface area contributed by atoms with Crippen LogP contribution < -0.4 is 5.32 Å². The molecule has 88 valence electrons. The molecule has 0 radical (unpaired) electrons. The van der Waals surface area contributed by atoms with Crippen LogP contribution in [-0.2, 0) is 0 Å². The molecule has 0 aromatic rings. The molecule has 1 N–H and O–H groups in total. The average molecular weight is 209 g/mol. The highest BCUT2D eigenvalue weighted by Crippen LogP contribution is 2.57. The van der Waals surface area contributed by atoms with Crippen LogP contribution in [0.5, 0.6) is 0 Å². The van der Waals surface area contributed by atoms with Gasteiger partial charge in [-0.2, -0.15) is 0 Å². The third-order valence-electron chi connectivity index (χ3n) is 4.38. The molecular formula is C14H27N. The van der Waals surface area contributed by atoms with Crippen molar-refractivity contribution in [2.45, 2.75) is 58.9 Å². The molecule has 0 amide bonds. The summed E-state index contributed by atoms with van der Waals surface area (Å²) in [6, 6.07) is 0.822. The van der Waals surface area contributed by atoms with Crippen molar-refractivity contribution >= 4 is 0 Å². The highest BCUT2D eigenvalue weighted by molar-refractivity contribution is 5.04. The van der Waals surface area contributed by atoms with Gasteiger partial charge >= 0.3 is 0 Å². The largest absolute Gasteiger partial charge is 0.314 e. The molecule has 2 saturated carbocycles. The first-order valence-corrected chi connectivity index (χ1v) is 6.97. The first-order valence-electron chi connectivity index (χ1n) is 6.97. The molecule has 1 nitrogen and oxygen atoms in total. The zero-order valence-electron chi connectivity index (χ0n) is 10.6. The highest BCUT2D eigenvalue weighted by atomic mass is 14.9. The molecule has 0 aromatic heterocycles. The van der Waals surface area contributed by atoms with Gasteiger partial charge in [-0.15, -0.1) is 0 Å². The quantitative estimate of drug-likeness (QED) is 0.731. The molecule has 0 aromatic carbocycles. The average Bonchev–Trinajstić information content (AvgIpc) is 2.90. The van der Waals surface area contributed by atoms with E-state index in [2.05, 4.69) is 26.1 Å². The van der Waals surface area contributed by atoms with E-state index in [1.807, 2.05) is 0 Å². The third kappa shape index (κ3) is 2.55. The summed E-state index contributed by atoms with van der Waals surface area (Å²) in [6.07, 6.45) is 7.42. The summed E-state index contributed by atoms with van der Waals surface area (Å²) >= 11 is 0. The van der Waals surface area contributed by atoms with Gasteiger partial charge in [0.25, 0.3) is 0 Å². The predicted molar refractivity (Wildman–Crippen MR) is 65.9 cm³/mol. The Morgan fingerprint density at radius 2 is 1.73 bits per heavy atom. The molecule has 2 aliphatic carbocycles. The van der Waals surface area contributed by atoms with Crippen molar-refractivity contribution in [1.29, 1.82) is 0 Å². The van der Waals surface area contributed by atoms with Crippen molar-refractivity contribution in [3.8, 4) is 0 Å². The zero-order chi connectivity index (χ0) is 10.8. The lowest BCUT2D eigenvalue weighted by atomic mass is 9.98. The maximum absolute atomic E-state index is 3.73. The van der Waals surface area contributed by atoms with Gasteiger partial charge in [-0.05, 0) is 49.5 Å². The molecule has 2 rings (SSSR count). The van der Waals surface area contributed by atoms with Crippen LogP contribution in [0, 0.1) is 23.7 Å². The van der Waals surface area contributed by atoms with E-state index in [4.69, 9.17) is 0 Å². The van der Waals surface area contributed by atoms with Gasteiger partial charge in [0.05, 0.1) is 0 Å². The summed E-state index contributed by atoms with van der Waals surface area (Å²) in [7, 11) is 0. The normalized spacial score (nSPS) is 36.4. The molecule has 0 heterocycles. The van der Waals surface area contributed by atoms with Crippen molar-refractivity contribution in [2.75, 3.05) is 6.54 Å². The SMILES string of the molecule is CCNC(CC(C)C)C1C2CCCCC21. The van der Waals surface area contributed by atoms with Crippen LogP contribution >= 0.6 is 0 Å². The van der Waals surface area contributed by atoms with Crippen molar-refractivity contribution < 1.29 is 0 Å². The van der Waals surface area contributed by atoms with Gasteiger partial charge in [0, 0.05) is 6.04 Å². The van der Waals surface area contributed by atoms with E-state index in [0.29, 0.717) is 0 Å². The Morgan fingerprint density at radius 1 is 1.13 bits per heavy atom. The van der Waals surface area contributed by atoms with Crippen molar-refractivity contribution in [3.05, 3.63) is 0 Å². The van der Waals surface area contributed by atoms with E-state index in [1.54, 1.807) is 0 Å². The first kappa shape index (κ1) is 11.4. The summed E-state index contributed by atoms with van der Waals surface area (Å²) in [5, 5.41) is 3.73. The predicted octanol–water partition coefficient (Wildman–Crippen LogP) is 3.45. The summed E-state index contributed by atoms with van der Waals surface area (Å²) in [5.41, 5.74) is 0. The molecule has 2 aliphatic rings. The van der Waals surface area contributed by atoms with Gasteiger partial charge in [0.2, 0.25) is 0 Å². The van der Waals surface area contributed by atoms with Gasteiger partial charge < -0.3 is 5.32 Å².